The molecular formula is C24H29F3N4O2S. The van der Waals surface area contributed by atoms with Gasteiger partial charge in [0.1, 0.15) is 0 Å². The van der Waals surface area contributed by atoms with Crippen LogP contribution in [-0.2, 0) is 6.18 Å². The fourth-order valence-corrected chi connectivity index (χ4v) is 5.62. The minimum absolute atomic E-state index is 0.00777. The second-order valence-electron chi connectivity index (χ2n) is 9.15. The van der Waals surface area contributed by atoms with Crippen LogP contribution in [0.3, 0.4) is 0 Å². The summed E-state index contributed by atoms with van der Waals surface area (Å²) in [6.07, 6.45) is -2.76. The molecule has 2 aromatic rings. The van der Waals surface area contributed by atoms with E-state index in [9.17, 15) is 22.8 Å². The third-order valence-electron chi connectivity index (χ3n) is 6.81. The Hall–Kier alpha value is -2.59. The van der Waals surface area contributed by atoms with Crippen molar-refractivity contribution in [3.63, 3.8) is 0 Å². The van der Waals surface area contributed by atoms with Crippen LogP contribution in [-0.4, -0.2) is 90.9 Å². The molecule has 0 unspecified atom stereocenters. The van der Waals surface area contributed by atoms with E-state index >= 15 is 0 Å². The first-order valence-corrected chi connectivity index (χ1v) is 12.1. The lowest BCUT2D eigenvalue weighted by atomic mass is 10.1. The molecule has 6 nitrogen and oxygen atoms in total. The van der Waals surface area contributed by atoms with Gasteiger partial charge in [0.05, 0.1) is 16.5 Å². The molecule has 2 aliphatic rings. The van der Waals surface area contributed by atoms with Crippen LogP contribution in [0.25, 0.3) is 10.4 Å². The first-order chi connectivity index (χ1) is 16.0. The maximum absolute atomic E-state index is 13.1. The van der Waals surface area contributed by atoms with E-state index < -0.39 is 11.7 Å². The molecule has 3 heterocycles. The predicted octanol–water partition coefficient (Wildman–Crippen LogP) is 4.34. The van der Waals surface area contributed by atoms with E-state index in [1.165, 1.54) is 17.4 Å². The Kier molecular flexibility index (Phi) is 6.91. The number of carbonyl (C=O) groups is 2. The van der Waals surface area contributed by atoms with Crippen molar-refractivity contribution in [2.75, 3.05) is 47.3 Å². The standard InChI is InChI=1S/C24H29F3N4O2S/c1-28-11-9-18(14-28)30(3)23(33)31-12-10-19(15-31)29(2)22(32)21-8-7-20(34-21)16-5-4-6-17(13-16)24(25,26)27/h4-8,13,18-19H,9-12,14-15H2,1-3H3/t18-,19+/m1/s1. The number of likely N-dealkylation sites (N-methyl/N-ethyl adjacent to an activating group) is 3. The molecule has 2 aliphatic heterocycles. The van der Waals surface area contributed by atoms with Crippen molar-refractivity contribution in [1.82, 2.24) is 19.6 Å². The van der Waals surface area contributed by atoms with Crippen molar-refractivity contribution in [2.24, 2.45) is 0 Å². The molecule has 0 radical (unpaired) electrons. The predicted molar refractivity (Wildman–Crippen MR) is 126 cm³/mol. The highest BCUT2D eigenvalue weighted by Crippen LogP contribution is 2.35. The number of halogens is 3. The number of thiophene rings is 1. The van der Waals surface area contributed by atoms with Crippen LogP contribution in [0.1, 0.15) is 28.1 Å². The summed E-state index contributed by atoms with van der Waals surface area (Å²) in [5.74, 6) is -0.187. The van der Waals surface area contributed by atoms with Gasteiger partial charge in [0.2, 0.25) is 0 Å². The molecule has 10 heteroatoms. The maximum Gasteiger partial charge on any atom is 0.416 e. The number of carbonyl (C=O) groups excluding carboxylic acids is 2. The fraction of sp³-hybridized carbons (Fsp3) is 0.500. The molecule has 1 aromatic carbocycles. The topological polar surface area (TPSA) is 47.1 Å². The second-order valence-corrected chi connectivity index (χ2v) is 10.2. The smallest absolute Gasteiger partial charge is 0.336 e. The van der Waals surface area contributed by atoms with Gasteiger partial charge in [0.15, 0.2) is 0 Å². The number of benzene rings is 1. The van der Waals surface area contributed by atoms with E-state index in [-0.39, 0.29) is 24.0 Å². The van der Waals surface area contributed by atoms with Crippen LogP contribution in [0, 0.1) is 0 Å². The average molecular weight is 495 g/mol. The third kappa shape index (κ3) is 5.07. The molecule has 0 spiro atoms. The van der Waals surface area contributed by atoms with Crippen LogP contribution in [0.15, 0.2) is 36.4 Å². The number of hydrogen-bond donors (Lipinski definition) is 0. The lowest BCUT2D eigenvalue weighted by molar-refractivity contribution is -0.137. The fourth-order valence-electron chi connectivity index (χ4n) is 4.64. The highest BCUT2D eigenvalue weighted by atomic mass is 32.1. The number of nitrogens with zero attached hydrogens (tertiary/aromatic N) is 4. The lowest BCUT2D eigenvalue weighted by Crippen LogP contribution is -2.47. The molecule has 2 atom stereocenters. The van der Waals surface area contributed by atoms with Gasteiger partial charge in [-0.25, -0.2) is 4.79 Å². The molecule has 1 aromatic heterocycles. The zero-order valence-corrected chi connectivity index (χ0v) is 20.3. The van der Waals surface area contributed by atoms with Crippen LogP contribution in [0.5, 0.6) is 0 Å². The van der Waals surface area contributed by atoms with Crippen molar-refractivity contribution < 1.29 is 22.8 Å². The molecule has 0 saturated carbocycles. The molecule has 4 rings (SSSR count). The van der Waals surface area contributed by atoms with Gasteiger partial charge in [0, 0.05) is 44.6 Å². The number of urea groups is 1. The highest BCUT2D eigenvalue weighted by molar-refractivity contribution is 7.17. The zero-order chi connectivity index (χ0) is 24.6. The maximum atomic E-state index is 13.1. The second kappa shape index (κ2) is 9.58. The first kappa shape index (κ1) is 24.5. The van der Waals surface area contributed by atoms with Crippen molar-refractivity contribution in [1.29, 1.82) is 0 Å². The Morgan fingerprint density at radius 1 is 1.00 bits per heavy atom. The quantitative estimate of drug-likeness (QED) is 0.636. The third-order valence-corrected chi connectivity index (χ3v) is 7.93. The number of amides is 3. The summed E-state index contributed by atoms with van der Waals surface area (Å²) in [6, 6.07) is 8.54. The molecule has 2 saturated heterocycles. The van der Waals surface area contributed by atoms with E-state index in [1.54, 1.807) is 35.0 Å². The summed E-state index contributed by atoms with van der Waals surface area (Å²) in [7, 11) is 5.61. The van der Waals surface area contributed by atoms with Crippen molar-refractivity contribution in [2.45, 2.75) is 31.1 Å². The van der Waals surface area contributed by atoms with Gasteiger partial charge in [-0.2, -0.15) is 13.2 Å². The number of likely N-dealkylation sites (tertiary alicyclic amines) is 2. The SMILES string of the molecule is CN1CC[C@@H](N(C)C(=O)N2CC[C@H](N(C)C(=O)c3ccc(-c4cccc(C(F)(F)F)c4)s3)C2)C1. The van der Waals surface area contributed by atoms with Crippen molar-refractivity contribution in [3.8, 4) is 10.4 Å². The molecule has 3 amide bonds. The lowest BCUT2D eigenvalue weighted by Gasteiger charge is -2.30. The Morgan fingerprint density at radius 3 is 2.38 bits per heavy atom. The van der Waals surface area contributed by atoms with E-state index in [0.29, 0.717) is 34.8 Å². The normalized spacial score (nSPS) is 21.2. The molecule has 2 fully saturated rings. The monoisotopic (exact) mass is 494 g/mol. The van der Waals surface area contributed by atoms with Crippen LogP contribution >= 0.6 is 11.3 Å². The Morgan fingerprint density at radius 2 is 1.71 bits per heavy atom. The summed E-state index contributed by atoms with van der Waals surface area (Å²) in [5.41, 5.74) is -0.284. The zero-order valence-electron chi connectivity index (χ0n) is 19.5. The van der Waals surface area contributed by atoms with Crippen molar-refractivity contribution in [3.05, 3.63) is 46.8 Å². The molecule has 184 valence electrons. The summed E-state index contributed by atoms with van der Waals surface area (Å²) < 4.78 is 39.1. The van der Waals surface area contributed by atoms with Gasteiger partial charge in [-0.3, -0.25) is 4.79 Å². The van der Waals surface area contributed by atoms with E-state index in [0.717, 1.165) is 31.6 Å². The Balaban J connectivity index is 1.39. The summed E-state index contributed by atoms with van der Waals surface area (Å²) in [6.45, 7) is 2.91. The molecule has 34 heavy (non-hydrogen) atoms. The van der Waals surface area contributed by atoms with Gasteiger partial charge in [-0.05, 0) is 56.3 Å². The summed E-state index contributed by atoms with van der Waals surface area (Å²) in [5, 5.41) is 0. The highest BCUT2D eigenvalue weighted by Gasteiger charge is 2.36. The number of alkyl halides is 3. The molecule has 0 bridgehead atoms. The number of hydrogen-bond acceptors (Lipinski definition) is 4. The average Bonchev–Trinajstić information content (AvgIpc) is 3.57. The van der Waals surface area contributed by atoms with E-state index in [1.807, 2.05) is 19.0 Å². The van der Waals surface area contributed by atoms with Gasteiger partial charge in [-0.1, -0.05) is 12.1 Å². The van der Waals surface area contributed by atoms with Crippen LogP contribution < -0.4 is 0 Å². The molecule has 0 N–H and O–H groups in total. The van der Waals surface area contributed by atoms with Crippen molar-refractivity contribution >= 4 is 23.3 Å². The number of rotatable bonds is 4. The summed E-state index contributed by atoms with van der Waals surface area (Å²) >= 11 is 1.18. The molecule has 0 aliphatic carbocycles. The van der Waals surface area contributed by atoms with Gasteiger partial charge >= 0.3 is 12.2 Å². The Labute approximate surface area is 201 Å². The molecular weight excluding hydrogens is 465 g/mol. The Bertz CT molecular complexity index is 1060. The van der Waals surface area contributed by atoms with Crippen LogP contribution in [0.4, 0.5) is 18.0 Å². The van der Waals surface area contributed by atoms with E-state index in [2.05, 4.69) is 4.90 Å². The minimum Gasteiger partial charge on any atom is -0.336 e. The van der Waals surface area contributed by atoms with Gasteiger partial charge in [-0.15, -0.1) is 11.3 Å². The first-order valence-electron chi connectivity index (χ1n) is 11.3. The minimum atomic E-state index is -4.42. The van der Waals surface area contributed by atoms with Crippen LogP contribution in [0.2, 0.25) is 0 Å². The largest absolute Gasteiger partial charge is 0.416 e. The van der Waals surface area contributed by atoms with Gasteiger partial charge < -0.3 is 19.6 Å². The van der Waals surface area contributed by atoms with Gasteiger partial charge in [0.25, 0.3) is 5.91 Å². The van der Waals surface area contributed by atoms with E-state index in [4.69, 9.17) is 0 Å². The summed E-state index contributed by atoms with van der Waals surface area (Å²) in [4.78, 5) is 34.6.